The molecule has 0 bridgehead atoms. The molecule has 0 saturated carbocycles. The van der Waals surface area contributed by atoms with Gasteiger partial charge < -0.3 is 19.5 Å². The van der Waals surface area contributed by atoms with Crippen LogP contribution >= 0.6 is 11.6 Å². The lowest BCUT2D eigenvalue weighted by molar-refractivity contribution is 0.0525. The number of amides is 1. The number of nitrogens with one attached hydrogen (secondary N) is 1. The van der Waals surface area contributed by atoms with Crippen molar-refractivity contribution in [3.63, 3.8) is 0 Å². The minimum absolute atomic E-state index is 0.272. The first-order valence-corrected chi connectivity index (χ1v) is 9.82. The maximum atomic E-state index is 12.6. The van der Waals surface area contributed by atoms with E-state index >= 15 is 0 Å². The lowest BCUT2D eigenvalue weighted by Crippen LogP contribution is -2.12. The van der Waals surface area contributed by atoms with Gasteiger partial charge in [-0.25, -0.2) is 9.48 Å². The van der Waals surface area contributed by atoms with E-state index in [0.717, 1.165) is 5.69 Å². The smallest absolute Gasteiger partial charge is 0.341 e. The normalized spacial score (nSPS) is 10.5. The van der Waals surface area contributed by atoms with Crippen LogP contribution in [0.15, 0.2) is 42.6 Å². The molecule has 0 unspecified atom stereocenters. The Bertz CT molecular complexity index is 1110. The highest BCUT2D eigenvalue weighted by atomic mass is 35.5. The average Bonchev–Trinajstić information content (AvgIpc) is 3.15. The molecule has 2 aromatic carbocycles. The van der Waals surface area contributed by atoms with Gasteiger partial charge in [-0.05, 0) is 50.2 Å². The summed E-state index contributed by atoms with van der Waals surface area (Å²) in [5, 5.41) is 7.34. The second-order valence-electron chi connectivity index (χ2n) is 6.47. The van der Waals surface area contributed by atoms with Crippen LogP contribution in [0.25, 0.3) is 5.69 Å². The molecular formula is C22H22ClN3O5. The SMILES string of the molecule is CCOC(=O)c1cnn(-c2ccc(NC(=O)c3cc(Cl)c(OC)c(OC)c3)cc2)c1C. The first kappa shape index (κ1) is 22.2. The van der Waals surface area contributed by atoms with Gasteiger partial charge in [0.15, 0.2) is 11.5 Å². The van der Waals surface area contributed by atoms with Crippen LogP contribution in [-0.4, -0.2) is 42.5 Å². The lowest BCUT2D eigenvalue weighted by Gasteiger charge is -2.12. The number of ether oxygens (including phenoxy) is 3. The molecule has 1 heterocycles. The van der Waals surface area contributed by atoms with Gasteiger partial charge in [0.25, 0.3) is 5.91 Å². The molecule has 3 aromatic rings. The molecule has 0 spiro atoms. The molecule has 0 aliphatic heterocycles. The van der Waals surface area contributed by atoms with Crippen molar-refractivity contribution in [3.8, 4) is 17.2 Å². The quantitative estimate of drug-likeness (QED) is 0.548. The second kappa shape index (κ2) is 9.53. The molecule has 162 valence electrons. The first-order chi connectivity index (χ1) is 14.9. The third kappa shape index (κ3) is 4.64. The number of carbonyl (C=O) groups excluding carboxylic acids is 2. The zero-order valence-electron chi connectivity index (χ0n) is 17.6. The number of carbonyl (C=O) groups is 2. The summed E-state index contributed by atoms with van der Waals surface area (Å²) in [5.74, 6) is -0.0388. The van der Waals surface area contributed by atoms with Gasteiger partial charge in [-0.15, -0.1) is 0 Å². The van der Waals surface area contributed by atoms with Crippen LogP contribution in [0.4, 0.5) is 5.69 Å². The van der Waals surface area contributed by atoms with E-state index < -0.39 is 5.97 Å². The van der Waals surface area contributed by atoms with E-state index in [1.807, 2.05) is 0 Å². The van der Waals surface area contributed by atoms with Crippen molar-refractivity contribution in [2.24, 2.45) is 0 Å². The van der Waals surface area contributed by atoms with Gasteiger partial charge >= 0.3 is 5.97 Å². The predicted octanol–water partition coefficient (Wildman–Crippen LogP) is 4.28. The van der Waals surface area contributed by atoms with E-state index in [-0.39, 0.29) is 10.9 Å². The third-order valence-electron chi connectivity index (χ3n) is 4.57. The van der Waals surface area contributed by atoms with Crippen molar-refractivity contribution in [2.75, 3.05) is 26.1 Å². The van der Waals surface area contributed by atoms with Crippen LogP contribution in [0.1, 0.15) is 33.3 Å². The number of hydrogen-bond acceptors (Lipinski definition) is 6. The van der Waals surface area contributed by atoms with E-state index in [2.05, 4.69) is 10.4 Å². The summed E-state index contributed by atoms with van der Waals surface area (Å²) in [6, 6.07) is 10.1. The lowest BCUT2D eigenvalue weighted by atomic mass is 10.1. The average molecular weight is 444 g/mol. The highest BCUT2D eigenvalue weighted by molar-refractivity contribution is 6.32. The Hall–Kier alpha value is -3.52. The zero-order chi connectivity index (χ0) is 22.5. The van der Waals surface area contributed by atoms with Crippen molar-refractivity contribution in [1.29, 1.82) is 0 Å². The largest absolute Gasteiger partial charge is 0.493 e. The van der Waals surface area contributed by atoms with Gasteiger partial charge in [0, 0.05) is 11.3 Å². The molecule has 0 aliphatic rings. The second-order valence-corrected chi connectivity index (χ2v) is 6.88. The molecule has 9 heteroatoms. The Balaban J connectivity index is 1.78. The number of aromatic nitrogens is 2. The van der Waals surface area contributed by atoms with Crippen molar-refractivity contribution >= 4 is 29.2 Å². The van der Waals surface area contributed by atoms with Crippen LogP contribution in [0.3, 0.4) is 0 Å². The van der Waals surface area contributed by atoms with Gasteiger partial charge in [0.1, 0.15) is 5.56 Å². The molecule has 1 amide bonds. The molecule has 0 aliphatic carbocycles. The number of nitrogens with zero attached hydrogens (tertiary/aromatic N) is 2. The van der Waals surface area contributed by atoms with Gasteiger partial charge in [-0.2, -0.15) is 5.10 Å². The van der Waals surface area contributed by atoms with Gasteiger partial charge in [-0.3, -0.25) is 4.79 Å². The Morgan fingerprint density at radius 1 is 1.13 bits per heavy atom. The molecule has 8 nitrogen and oxygen atoms in total. The molecule has 0 atom stereocenters. The fraction of sp³-hybridized carbons (Fsp3) is 0.227. The Kier molecular flexibility index (Phi) is 6.81. The molecule has 1 aromatic heterocycles. The van der Waals surface area contributed by atoms with Gasteiger partial charge in [0.2, 0.25) is 0 Å². The third-order valence-corrected chi connectivity index (χ3v) is 4.85. The van der Waals surface area contributed by atoms with Crippen LogP contribution in [-0.2, 0) is 4.74 Å². The van der Waals surface area contributed by atoms with E-state index in [0.29, 0.717) is 40.6 Å². The topological polar surface area (TPSA) is 91.7 Å². The Morgan fingerprint density at radius 2 is 1.84 bits per heavy atom. The molecule has 0 radical (unpaired) electrons. The minimum atomic E-state index is -0.413. The van der Waals surface area contributed by atoms with Crippen molar-refractivity contribution in [2.45, 2.75) is 13.8 Å². The number of anilines is 1. The van der Waals surface area contributed by atoms with E-state index in [4.69, 9.17) is 25.8 Å². The van der Waals surface area contributed by atoms with Crippen LogP contribution in [0.5, 0.6) is 11.5 Å². The van der Waals surface area contributed by atoms with Gasteiger partial charge in [-0.1, -0.05) is 11.6 Å². The number of hydrogen-bond donors (Lipinski definition) is 1. The van der Waals surface area contributed by atoms with Gasteiger partial charge in [0.05, 0.1) is 43.4 Å². The number of esters is 1. The fourth-order valence-corrected chi connectivity index (χ4v) is 3.31. The minimum Gasteiger partial charge on any atom is -0.493 e. The Morgan fingerprint density at radius 3 is 2.45 bits per heavy atom. The van der Waals surface area contributed by atoms with Crippen LogP contribution in [0, 0.1) is 6.92 Å². The van der Waals surface area contributed by atoms with E-state index in [9.17, 15) is 9.59 Å². The predicted molar refractivity (Wildman–Crippen MR) is 117 cm³/mol. The summed E-state index contributed by atoms with van der Waals surface area (Å²) in [6.45, 7) is 3.83. The zero-order valence-corrected chi connectivity index (χ0v) is 18.3. The first-order valence-electron chi connectivity index (χ1n) is 9.44. The highest BCUT2D eigenvalue weighted by Crippen LogP contribution is 2.36. The maximum Gasteiger partial charge on any atom is 0.341 e. The van der Waals surface area contributed by atoms with Crippen LogP contribution in [0.2, 0.25) is 5.02 Å². The molecular weight excluding hydrogens is 422 g/mol. The standard InChI is InChI=1S/C22H22ClN3O5/c1-5-31-22(28)17-12-24-26(13(17)2)16-8-6-15(7-9-16)25-21(27)14-10-18(23)20(30-4)19(11-14)29-3/h6-12H,5H2,1-4H3,(H,25,27). The molecule has 0 saturated heterocycles. The number of rotatable bonds is 7. The molecule has 3 rings (SSSR count). The summed E-state index contributed by atoms with van der Waals surface area (Å²) >= 11 is 6.18. The molecule has 0 fully saturated rings. The van der Waals surface area contributed by atoms with Crippen molar-refractivity contribution in [3.05, 3.63) is 64.4 Å². The van der Waals surface area contributed by atoms with E-state index in [1.165, 1.54) is 26.5 Å². The highest BCUT2D eigenvalue weighted by Gasteiger charge is 2.17. The maximum absolute atomic E-state index is 12.6. The number of halogens is 1. The summed E-state index contributed by atoms with van der Waals surface area (Å²) in [4.78, 5) is 24.6. The summed E-state index contributed by atoms with van der Waals surface area (Å²) < 4.78 is 17.1. The van der Waals surface area contributed by atoms with Crippen LogP contribution < -0.4 is 14.8 Å². The van der Waals surface area contributed by atoms with Crippen molar-refractivity contribution in [1.82, 2.24) is 9.78 Å². The summed E-state index contributed by atoms with van der Waals surface area (Å²) in [7, 11) is 2.95. The summed E-state index contributed by atoms with van der Waals surface area (Å²) in [5.41, 5.74) is 2.71. The Labute approximate surface area is 184 Å². The molecule has 31 heavy (non-hydrogen) atoms. The van der Waals surface area contributed by atoms with E-state index in [1.54, 1.807) is 48.9 Å². The number of benzene rings is 2. The summed E-state index contributed by atoms with van der Waals surface area (Å²) in [6.07, 6.45) is 1.48. The monoisotopic (exact) mass is 443 g/mol. The fourth-order valence-electron chi connectivity index (χ4n) is 3.02. The number of methoxy groups -OCH3 is 2. The van der Waals surface area contributed by atoms with Crippen molar-refractivity contribution < 1.29 is 23.8 Å². The molecule has 1 N–H and O–H groups in total.